The van der Waals surface area contributed by atoms with Gasteiger partial charge in [0.25, 0.3) is 0 Å². The van der Waals surface area contributed by atoms with Crippen LogP contribution in [-0.4, -0.2) is 66.2 Å². The second-order valence-electron chi connectivity index (χ2n) is 6.84. The van der Waals surface area contributed by atoms with Gasteiger partial charge in [0.15, 0.2) is 0 Å². The van der Waals surface area contributed by atoms with Gasteiger partial charge in [-0.2, -0.15) is 13.2 Å². The van der Waals surface area contributed by atoms with E-state index in [2.05, 4.69) is 14.9 Å². The predicted octanol–water partition coefficient (Wildman–Crippen LogP) is 2.38. The summed E-state index contributed by atoms with van der Waals surface area (Å²) >= 11 is 0. The normalized spacial score (nSPS) is 19.0. The first-order chi connectivity index (χ1) is 12.3. The van der Waals surface area contributed by atoms with E-state index in [4.69, 9.17) is 0 Å². The van der Waals surface area contributed by atoms with Crippen LogP contribution in [0.2, 0.25) is 0 Å². The minimum atomic E-state index is -4.46. The van der Waals surface area contributed by atoms with E-state index in [-0.39, 0.29) is 13.1 Å². The van der Waals surface area contributed by atoms with Gasteiger partial charge in [0.2, 0.25) is 5.91 Å². The smallest absolute Gasteiger partial charge is 0.356 e. The number of hydrogen-bond donors (Lipinski definition) is 0. The number of amides is 1. The van der Waals surface area contributed by atoms with Crippen LogP contribution in [0.15, 0.2) is 6.07 Å². The van der Waals surface area contributed by atoms with Crippen molar-refractivity contribution in [1.82, 2.24) is 14.9 Å². The number of nitrogens with zero attached hydrogens (tertiary/aromatic N) is 5. The largest absolute Gasteiger partial charge is 0.397 e. The Morgan fingerprint density at radius 3 is 2.04 bits per heavy atom. The second-order valence-corrected chi connectivity index (χ2v) is 6.84. The molecule has 0 aliphatic carbocycles. The van der Waals surface area contributed by atoms with E-state index in [9.17, 15) is 18.0 Å². The SMILES string of the molecule is Cc1nc(N2CCCCC2)cc(N2CCN(C(=O)CC(F)(F)F)CC2)n1. The molecule has 6 nitrogen and oxygen atoms in total. The average Bonchev–Trinajstić information content (AvgIpc) is 2.61. The topological polar surface area (TPSA) is 52.6 Å². The van der Waals surface area contributed by atoms with Crippen molar-refractivity contribution in [3.05, 3.63) is 11.9 Å². The van der Waals surface area contributed by atoms with Crippen molar-refractivity contribution in [2.24, 2.45) is 0 Å². The van der Waals surface area contributed by atoms with Crippen molar-refractivity contribution in [3.63, 3.8) is 0 Å². The third-order valence-electron chi connectivity index (χ3n) is 4.80. The maximum absolute atomic E-state index is 12.4. The van der Waals surface area contributed by atoms with Gasteiger partial charge in [-0.3, -0.25) is 4.79 Å². The van der Waals surface area contributed by atoms with E-state index in [1.165, 1.54) is 11.3 Å². The zero-order chi connectivity index (χ0) is 18.7. The summed E-state index contributed by atoms with van der Waals surface area (Å²) in [6.45, 7) is 5.30. The van der Waals surface area contributed by atoms with Crippen LogP contribution in [-0.2, 0) is 4.79 Å². The molecular weight excluding hydrogens is 347 g/mol. The lowest BCUT2D eigenvalue weighted by atomic mass is 10.1. The standard InChI is InChI=1S/C17H24F3N5O/c1-13-21-14(23-5-3-2-4-6-23)11-15(22-13)24-7-9-25(10-8-24)16(26)12-17(18,19)20/h11H,2-10,12H2,1H3. The summed E-state index contributed by atoms with van der Waals surface area (Å²) in [5.41, 5.74) is 0. The molecular formula is C17H24F3N5O. The number of hydrogen-bond acceptors (Lipinski definition) is 5. The van der Waals surface area contributed by atoms with E-state index in [1.807, 2.05) is 17.9 Å². The summed E-state index contributed by atoms with van der Waals surface area (Å²) in [6.07, 6.45) is -2.31. The van der Waals surface area contributed by atoms with Gasteiger partial charge in [-0.1, -0.05) is 0 Å². The number of aromatic nitrogens is 2. The number of anilines is 2. The summed E-state index contributed by atoms with van der Waals surface area (Å²) < 4.78 is 37.2. The van der Waals surface area contributed by atoms with E-state index >= 15 is 0 Å². The molecule has 2 fully saturated rings. The van der Waals surface area contributed by atoms with Crippen molar-refractivity contribution in [1.29, 1.82) is 0 Å². The Balaban J connectivity index is 1.64. The molecule has 1 aromatic rings. The molecule has 0 bridgehead atoms. The Bertz CT molecular complexity index is 638. The third kappa shape index (κ3) is 4.76. The maximum Gasteiger partial charge on any atom is 0.397 e. The molecule has 0 aromatic carbocycles. The lowest BCUT2D eigenvalue weighted by Crippen LogP contribution is -2.49. The highest BCUT2D eigenvalue weighted by Crippen LogP contribution is 2.24. The molecule has 9 heteroatoms. The Labute approximate surface area is 151 Å². The number of piperazine rings is 1. The van der Waals surface area contributed by atoms with E-state index < -0.39 is 18.5 Å². The van der Waals surface area contributed by atoms with Gasteiger partial charge in [-0.05, 0) is 26.2 Å². The molecule has 3 rings (SSSR count). The minimum absolute atomic E-state index is 0.275. The van der Waals surface area contributed by atoms with Crippen LogP contribution in [0.1, 0.15) is 31.5 Å². The Morgan fingerprint density at radius 1 is 0.962 bits per heavy atom. The Kier molecular flexibility index (Phi) is 5.52. The first kappa shape index (κ1) is 18.7. The average molecular weight is 371 g/mol. The molecule has 3 heterocycles. The lowest BCUT2D eigenvalue weighted by molar-refractivity contribution is -0.161. The lowest BCUT2D eigenvalue weighted by Gasteiger charge is -2.36. The predicted molar refractivity (Wildman–Crippen MR) is 92.3 cm³/mol. The fraction of sp³-hybridized carbons (Fsp3) is 0.706. The minimum Gasteiger partial charge on any atom is -0.356 e. The van der Waals surface area contributed by atoms with Crippen LogP contribution in [0, 0.1) is 6.92 Å². The van der Waals surface area contributed by atoms with Crippen LogP contribution in [0.3, 0.4) is 0 Å². The van der Waals surface area contributed by atoms with Gasteiger partial charge in [0.1, 0.15) is 23.9 Å². The number of aryl methyl sites for hydroxylation is 1. The fourth-order valence-corrected chi connectivity index (χ4v) is 3.45. The molecule has 2 aliphatic heterocycles. The van der Waals surface area contributed by atoms with Crippen molar-refractivity contribution in [2.75, 3.05) is 49.1 Å². The van der Waals surface area contributed by atoms with Crippen molar-refractivity contribution in [2.45, 2.75) is 38.8 Å². The van der Waals surface area contributed by atoms with Gasteiger partial charge in [0.05, 0.1) is 0 Å². The van der Waals surface area contributed by atoms with Crippen molar-refractivity contribution >= 4 is 17.5 Å². The van der Waals surface area contributed by atoms with Gasteiger partial charge in [-0.15, -0.1) is 0 Å². The van der Waals surface area contributed by atoms with E-state index in [1.54, 1.807) is 0 Å². The number of piperidine rings is 1. The summed E-state index contributed by atoms with van der Waals surface area (Å²) in [6, 6.07) is 1.95. The van der Waals surface area contributed by atoms with Crippen molar-refractivity contribution < 1.29 is 18.0 Å². The zero-order valence-corrected chi connectivity index (χ0v) is 14.9. The Morgan fingerprint density at radius 2 is 1.50 bits per heavy atom. The van der Waals surface area contributed by atoms with Crippen LogP contribution in [0.25, 0.3) is 0 Å². The Hall–Kier alpha value is -2.06. The second kappa shape index (κ2) is 7.67. The highest BCUT2D eigenvalue weighted by atomic mass is 19.4. The van der Waals surface area contributed by atoms with Gasteiger partial charge >= 0.3 is 6.18 Å². The van der Waals surface area contributed by atoms with Crippen LogP contribution in [0.4, 0.5) is 24.8 Å². The molecule has 0 saturated carbocycles. The summed E-state index contributed by atoms with van der Waals surface area (Å²) in [4.78, 5) is 26.3. The van der Waals surface area contributed by atoms with Crippen LogP contribution in [0.5, 0.6) is 0 Å². The highest BCUT2D eigenvalue weighted by Gasteiger charge is 2.34. The highest BCUT2D eigenvalue weighted by molar-refractivity contribution is 5.77. The number of rotatable bonds is 3. The molecule has 2 saturated heterocycles. The summed E-state index contributed by atoms with van der Waals surface area (Å²) in [5, 5.41) is 0. The molecule has 2 aliphatic rings. The zero-order valence-electron chi connectivity index (χ0n) is 14.9. The summed E-state index contributed by atoms with van der Waals surface area (Å²) in [5.74, 6) is 1.51. The first-order valence-electron chi connectivity index (χ1n) is 9.02. The monoisotopic (exact) mass is 371 g/mol. The van der Waals surface area contributed by atoms with Gasteiger partial charge < -0.3 is 14.7 Å². The number of carbonyl (C=O) groups excluding carboxylic acids is 1. The molecule has 0 atom stereocenters. The van der Waals surface area contributed by atoms with Gasteiger partial charge in [-0.25, -0.2) is 9.97 Å². The van der Waals surface area contributed by atoms with Gasteiger partial charge in [0, 0.05) is 45.3 Å². The number of halogens is 3. The molecule has 1 aromatic heterocycles. The molecule has 0 unspecified atom stereocenters. The molecule has 144 valence electrons. The quantitative estimate of drug-likeness (QED) is 0.817. The molecule has 0 radical (unpaired) electrons. The van der Waals surface area contributed by atoms with E-state index in [0.29, 0.717) is 18.9 Å². The molecule has 0 N–H and O–H groups in total. The maximum atomic E-state index is 12.4. The van der Waals surface area contributed by atoms with Crippen LogP contribution >= 0.6 is 0 Å². The number of carbonyl (C=O) groups is 1. The molecule has 0 spiro atoms. The van der Waals surface area contributed by atoms with Crippen LogP contribution < -0.4 is 9.80 Å². The first-order valence-corrected chi connectivity index (χ1v) is 9.02. The fourth-order valence-electron chi connectivity index (χ4n) is 3.45. The molecule has 1 amide bonds. The van der Waals surface area contributed by atoms with Crippen molar-refractivity contribution in [3.8, 4) is 0 Å². The van der Waals surface area contributed by atoms with E-state index in [0.717, 1.165) is 37.6 Å². The molecule has 26 heavy (non-hydrogen) atoms. The number of alkyl halides is 3. The summed E-state index contributed by atoms with van der Waals surface area (Å²) in [7, 11) is 0. The third-order valence-corrected chi connectivity index (χ3v) is 4.80.